The first-order chi connectivity index (χ1) is 14.9. The molecule has 0 bridgehead atoms. The van der Waals surface area contributed by atoms with E-state index < -0.39 is 18.0 Å². The lowest BCUT2D eigenvalue weighted by atomic mass is 10.0. The van der Waals surface area contributed by atoms with E-state index in [1.807, 2.05) is 24.3 Å². The van der Waals surface area contributed by atoms with Crippen molar-refractivity contribution in [1.29, 1.82) is 0 Å². The number of fused-ring (bicyclic) bond motifs is 2. The van der Waals surface area contributed by atoms with E-state index in [0.29, 0.717) is 16.9 Å². The number of nitrogens with zero attached hydrogens (tertiary/aromatic N) is 1. The summed E-state index contributed by atoms with van der Waals surface area (Å²) in [6.45, 7) is 2.97. The monoisotopic (exact) mass is 417 g/mol. The number of para-hydroxylation sites is 1. The molecule has 1 atom stereocenters. The average Bonchev–Trinajstić information content (AvgIpc) is 3.20. The fraction of sp³-hybridized carbons (Fsp3) is 0.250. The lowest BCUT2D eigenvalue weighted by Crippen LogP contribution is -2.30. The van der Waals surface area contributed by atoms with Crippen LogP contribution in [0.2, 0.25) is 0 Å². The molecular formula is C24H23N3O4. The number of aryl methyl sites for hydroxylation is 1. The van der Waals surface area contributed by atoms with Gasteiger partial charge in [-0.3, -0.25) is 14.6 Å². The van der Waals surface area contributed by atoms with Crippen LogP contribution in [0.4, 0.5) is 11.4 Å². The maximum Gasteiger partial charge on any atom is 0.339 e. The highest BCUT2D eigenvalue weighted by atomic mass is 16.5. The first-order valence-corrected chi connectivity index (χ1v) is 10.2. The number of carbonyl (C=O) groups excluding carboxylic acids is 3. The van der Waals surface area contributed by atoms with Crippen molar-refractivity contribution >= 4 is 40.1 Å². The summed E-state index contributed by atoms with van der Waals surface area (Å²) < 4.78 is 5.54. The number of pyridine rings is 1. The molecule has 2 N–H and O–H groups in total. The van der Waals surface area contributed by atoms with Gasteiger partial charge in [0.15, 0.2) is 6.10 Å². The Morgan fingerprint density at radius 1 is 0.968 bits per heavy atom. The van der Waals surface area contributed by atoms with Crippen molar-refractivity contribution in [3.8, 4) is 0 Å². The molecule has 0 radical (unpaired) electrons. The zero-order valence-electron chi connectivity index (χ0n) is 17.4. The number of anilines is 2. The van der Waals surface area contributed by atoms with Crippen molar-refractivity contribution in [3.05, 3.63) is 65.4 Å². The second-order valence-corrected chi connectivity index (χ2v) is 7.58. The molecule has 2 aromatic carbocycles. The van der Waals surface area contributed by atoms with Gasteiger partial charge < -0.3 is 15.4 Å². The Morgan fingerprint density at radius 3 is 2.35 bits per heavy atom. The van der Waals surface area contributed by atoms with Crippen molar-refractivity contribution in [3.63, 3.8) is 0 Å². The fourth-order valence-corrected chi connectivity index (χ4v) is 3.80. The molecule has 0 saturated heterocycles. The Labute approximate surface area is 179 Å². The molecule has 3 aromatic rings. The van der Waals surface area contributed by atoms with Gasteiger partial charge in [0.2, 0.25) is 5.91 Å². The third-order valence-electron chi connectivity index (χ3n) is 5.25. The van der Waals surface area contributed by atoms with E-state index in [4.69, 9.17) is 4.74 Å². The van der Waals surface area contributed by atoms with Gasteiger partial charge in [0.1, 0.15) is 0 Å². The number of ether oxygens (including phenoxy) is 1. The number of amides is 2. The second-order valence-electron chi connectivity index (χ2n) is 7.58. The van der Waals surface area contributed by atoms with Crippen LogP contribution >= 0.6 is 0 Å². The van der Waals surface area contributed by atoms with Crippen LogP contribution in [0.25, 0.3) is 10.9 Å². The molecule has 1 heterocycles. The standard InChI is InChI=1S/C24H23N3O4/c1-14(23(29)26-17-12-10-16(11-13-17)25-15(2)28)31-24(30)22-18-6-3-4-8-20(18)27-21-9-5-7-19(21)22/h3-4,6,8,10-14H,5,7,9H2,1-2H3,(H,25,28)(H,26,29)/t14-/m1/s1. The number of rotatable bonds is 5. The summed E-state index contributed by atoms with van der Waals surface area (Å²) in [5.74, 6) is -1.12. The van der Waals surface area contributed by atoms with E-state index in [1.165, 1.54) is 6.92 Å². The molecule has 0 unspecified atom stereocenters. The summed E-state index contributed by atoms with van der Waals surface area (Å²) in [5.41, 5.74) is 4.29. The molecule has 158 valence electrons. The van der Waals surface area contributed by atoms with E-state index in [9.17, 15) is 14.4 Å². The topological polar surface area (TPSA) is 97.4 Å². The Balaban J connectivity index is 1.49. The van der Waals surface area contributed by atoms with Gasteiger partial charge in [-0.2, -0.15) is 0 Å². The number of aromatic nitrogens is 1. The summed E-state index contributed by atoms with van der Waals surface area (Å²) in [4.78, 5) is 41.4. The van der Waals surface area contributed by atoms with Crippen LogP contribution < -0.4 is 10.6 Å². The predicted molar refractivity (Wildman–Crippen MR) is 118 cm³/mol. The molecule has 7 nitrogen and oxygen atoms in total. The van der Waals surface area contributed by atoms with Crippen molar-refractivity contribution in [2.45, 2.75) is 39.2 Å². The van der Waals surface area contributed by atoms with Crippen LogP contribution in [0.5, 0.6) is 0 Å². The van der Waals surface area contributed by atoms with E-state index in [-0.39, 0.29) is 5.91 Å². The minimum Gasteiger partial charge on any atom is -0.449 e. The summed E-state index contributed by atoms with van der Waals surface area (Å²) in [6.07, 6.45) is 1.58. The molecule has 1 aliphatic rings. The number of carbonyl (C=O) groups is 3. The number of hydrogen-bond donors (Lipinski definition) is 2. The van der Waals surface area contributed by atoms with Crippen molar-refractivity contribution in [1.82, 2.24) is 4.98 Å². The largest absolute Gasteiger partial charge is 0.449 e. The summed E-state index contributed by atoms with van der Waals surface area (Å²) >= 11 is 0. The van der Waals surface area contributed by atoms with Crippen LogP contribution in [0, 0.1) is 0 Å². The Hall–Kier alpha value is -3.74. The predicted octanol–water partition coefficient (Wildman–Crippen LogP) is 3.87. The van der Waals surface area contributed by atoms with Gasteiger partial charge in [0.25, 0.3) is 5.91 Å². The number of nitrogens with one attached hydrogen (secondary N) is 2. The van der Waals surface area contributed by atoms with Gasteiger partial charge in [0.05, 0.1) is 11.1 Å². The zero-order chi connectivity index (χ0) is 22.0. The minimum absolute atomic E-state index is 0.174. The van der Waals surface area contributed by atoms with Gasteiger partial charge in [-0.05, 0) is 62.1 Å². The maximum absolute atomic E-state index is 13.1. The first kappa shape index (κ1) is 20.5. The molecule has 2 amide bonds. The van der Waals surface area contributed by atoms with E-state index in [1.54, 1.807) is 31.2 Å². The molecule has 1 aliphatic carbocycles. The highest BCUT2D eigenvalue weighted by Gasteiger charge is 2.27. The highest BCUT2D eigenvalue weighted by molar-refractivity contribution is 6.06. The molecule has 1 aromatic heterocycles. The number of esters is 1. The molecule has 7 heteroatoms. The van der Waals surface area contributed by atoms with Gasteiger partial charge in [-0.15, -0.1) is 0 Å². The van der Waals surface area contributed by atoms with Crippen molar-refractivity contribution < 1.29 is 19.1 Å². The van der Waals surface area contributed by atoms with E-state index in [2.05, 4.69) is 15.6 Å². The summed E-state index contributed by atoms with van der Waals surface area (Å²) in [5, 5.41) is 6.13. The van der Waals surface area contributed by atoms with Crippen LogP contribution in [-0.2, 0) is 27.2 Å². The molecule has 0 saturated carbocycles. The van der Waals surface area contributed by atoms with Crippen molar-refractivity contribution in [2.75, 3.05) is 10.6 Å². The Kier molecular flexibility index (Phi) is 5.66. The molecule has 0 spiro atoms. The number of hydrogen-bond acceptors (Lipinski definition) is 5. The molecule has 4 rings (SSSR count). The highest BCUT2D eigenvalue weighted by Crippen LogP contribution is 2.30. The van der Waals surface area contributed by atoms with Gasteiger partial charge >= 0.3 is 5.97 Å². The maximum atomic E-state index is 13.1. The number of benzene rings is 2. The average molecular weight is 417 g/mol. The Bertz CT molecular complexity index is 1170. The summed E-state index contributed by atoms with van der Waals surface area (Å²) in [7, 11) is 0. The van der Waals surface area contributed by atoms with Crippen LogP contribution in [-0.4, -0.2) is 28.9 Å². The van der Waals surface area contributed by atoms with Crippen LogP contribution in [0.15, 0.2) is 48.5 Å². The first-order valence-electron chi connectivity index (χ1n) is 10.2. The smallest absolute Gasteiger partial charge is 0.339 e. The minimum atomic E-state index is -0.980. The molecular weight excluding hydrogens is 394 g/mol. The van der Waals surface area contributed by atoms with E-state index >= 15 is 0 Å². The van der Waals surface area contributed by atoms with Gasteiger partial charge in [-0.25, -0.2) is 4.79 Å². The normalized spacial score (nSPS) is 13.4. The van der Waals surface area contributed by atoms with Crippen molar-refractivity contribution in [2.24, 2.45) is 0 Å². The lowest BCUT2D eigenvalue weighted by Gasteiger charge is -2.16. The Morgan fingerprint density at radius 2 is 1.65 bits per heavy atom. The molecule has 0 aliphatic heterocycles. The van der Waals surface area contributed by atoms with Crippen LogP contribution in [0.1, 0.15) is 41.9 Å². The zero-order valence-corrected chi connectivity index (χ0v) is 17.4. The van der Waals surface area contributed by atoms with E-state index in [0.717, 1.165) is 41.4 Å². The lowest BCUT2D eigenvalue weighted by molar-refractivity contribution is -0.123. The molecule has 31 heavy (non-hydrogen) atoms. The third kappa shape index (κ3) is 4.40. The van der Waals surface area contributed by atoms with Crippen LogP contribution in [0.3, 0.4) is 0 Å². The molecule has 0 fully saturated rings. The SMILES string of the molecule is CC(=O)Nc1ccc(NC(=O)[C@@H](C)OC(=O)c2c3c(nc4ccccc24)CCC3)cc1. The quantitative estimate of drug-likeness (QED) is 0.614. The fourth-order valence-electron chi connectivity index (χ4n) is 3.80. The van der Waals surface area contributed by atoms with Gasteiger partial charge in [-0.1, -0.05) is 18.2 Å². The third-order valence-corrected chi connectivity index (χ3v) is 5.25. The second kappa shape index (κ2) is 8.55. The van der Waals surface area contributed by atoms with Gasteiger partial charge in [0, 0.05) is 29.4 Å². The summed E-state index contributed by atoms with van der Waals surface area (Å²) in [6, 6.07) is 14.2.